The van der Waals surface area contributed by atoms with E-state index in [0.717, 1.165) is 10.6 Å². The van der Waals surface area contributed by atoms with Gasteiger partial charge in [-0.2, -0.15) is 0 Å². The van der Waals surface area contributed by atoms with E-state index in [0.29, 0.717) is 17.0 Å². The van der Waals surface area contributed by atoms with Crippen LogP contribution in [0.3, 0.4) is 0 Å². The molecule has 0 heterocycles. The average Bonchev–Trinajstić information content (AvgIpc) is 2.71. The van der Waals surface area contributed by atoms with Gasteiger partial charge in [0.2, 0.25) is 21.8 Å². The molecule has 2 amide bonds. The number of amides is 2. The van der Waals surface area contributed by atoms with Crippen LogP contribution >= 0.6 is 11.6 Å². The molecule has 0 radical (unpaired) electrons. The van der Waals surface area contributed by atoms with E-state index in [1.165, 1.54) is 41.3 Å². The van der Waals surface area contributed by atoms with Crippen LogP contribution in [0, 0.1) is 5.82 Å². The van der Waals surface area contributed by atoms with E-state index in [1.807, 2.05) is 0 Å². The number of anilines is 1. The zero-order valence-corrected chi connectivity index (χ0v) is 20.7. The molecule has 0 bridgehead atoms. The third kappa shape index (κ3) is 7.71. The fraction of sp³-hybridized carbons (Fsp3) is 0.391. The molecule has 0 aliphatic carbocycles. The summed E-state index contributed by atoms with van der Waals surface area (Å²) < 4.78 is 39.3. The molecule has 1 atom stereocenters. The minimum absolute atomic E-state index is 0.0102. The van der Waals surface area contributed by atoms with Gasteiger partial charge in [0.15, 0.2) is 0 Å². The largest absolute Gasteiger partial charge is 0.352 e. The lowest BCUT2D eigenvalue weighted by molar-refractivity contribution is -0.140. The van der Waals surface area contributed by atoms with Gasteiger partial charge in [0.1, 0.15) is 18.4 Å². The maximum atomic E-state index is 13.5. The number of sulfonamides is 1. The molecule has 7 nitrogen and oxygen atoms in total. The molecular weight excluding hydrogens is 469 g/mol. The lowest BCUT2D eigenvalue weighted by atomic mass is 10.1. The number of carbonyl (C=O) groups excluding carboxylic acids is 2. The Hall–Kier alpha value is -2.65. The second-order valence-electron chi connectivity index (χ2n) is 7.98. The summed E-state index contributed by atoms with van der Waals surface area (Å²) in [7, 11) is -3.84. The minimum atomic E-state index is -3.84. The van der Waals surface area contributed by atoms with Crippen LogP contribution in [0.4, 0.5) is 10.1 Å². The highest BCUT2D eigenvalue weighted by Crippen LogP contribution is 2.23. The molecule has 33 heavy (non-hydrogen) atoms. The van der Waals surface area contributed by atoms with Crippen molar-refractivity contribution in [2.75, 3.05) is 17.1 Å². The Labute approximate surface area is 199 Å². The highest BCUT2D eigenvalue weighted by molar-refractivity contribution is 7.92. The molecule has 10 heteroatoms. The van der Waals surface area contributed by atoms with Crippen molar-refractivity contribution in [2.45, 2.75) is 45.8 Å². The van der Waals surface area contributed by atoms with E-state index in [2.05, 4.69) is 5.32 Å². The predicted octanol–water partition coefficient (Wildman–Crippen LogP) is 3.58. The monoisotopic (exact) mass is 497 g/mol. The quantitative estimate of drug-likeness (QED) is 0.543. The lowest BCUT2D eigenvalue weighted by Gasteiger charge is -2.33. The smallest absolute Gasteiger partial charge is 0.244 e. The molecule has 0 saturated heterocycles. The van der Waals surface area contributed by atoms with E-state index in [1.54, 1.807) is 32.9 Å². The molecule has 0 unspecified atom stereocenters. The van der Waals surface area contributed by atoms with Crippen molar-refractivity contribution in [2.24, 2.45) is 0 Å². The van der Waals surface area contributed by atoms with E-state index in [9.17, 15) is 22.4 Å². The Morgan fingerprint density at radius 2 is 1.76 bits per heavy atom. The molecule has 0 aromatic heterocycles. The molecule has 0 saturated carbocycles. The lowest BCUT2D eigenvalue weighted by Crippen LogP contribution is -2.53. The Bertz CT molecular complexity index is 1080. The molecule has 2 rings (SSSR count). The number of nitrogens with zero attached hydrogens (tertiary/aromatic N) is 2. The first-order chi connectivity index (χ1) is 15.4. The van der Waals surface area contributed by atoms with Gasteiger partial charge in [-0.15, -0.1) is 0 Å². The van der Waals surface area contributed by atoms with Crippen molar-refractivity contribution in [3.05, 3.63) is 64.9 Å². The van der Waals surface area contributed by atoms with E-state index < -0.39 is 34.3 Å². The third-order valence-electron chi connectivity index (χ3n) is 4.86. The first-order valence-corrected chi connectivity index (χ1v) is 12.7. The van der Waals surface area contributed by atoms with Crippen LogP contribution in [0.1, 0.15) is 32.8 Å². The van der Waals surface area contributed by atoms with E-state index >= 15 is 0 Å². The molecule has 0 spiro atoms. The Balaban J connectivity index is 2.43. The molecule has 180 valence electrons. The zero-order chi connectivity index (χ0) is 24.8. The SMILES string of the molecule is CC[C@@H](C(=O)NC(C)C)N(Cc1ccc(F)cc1)C(=O)CN(c1cccc(Cl)c1)S(C)(=O)=O. The maximum Gasteiger partial charge on any atom is 0.244 e. The second-order valence-corrected chi connectivity index (χ2v) is 10.3. The van der Waals surface area contributed by atoms with Crippen LogP contribution in [0.2, 0.25) is 5.02 Å². The molecule has 0 aliphatic heterocycles. The first-order valence-electron chi connectivity index (χ1n) is 10.5. The zero-order valence-electron chi connectivity index (χ0n) is 19.1. The van der Waals surface area contributed by atoms with Gasteiger partial charge in [-0.1, -0.05) is 36.7 Å². The highest BCUT2D eigenvalue weighted by atomic mass is 35.5. The van der Waals surface area contributed by atoms with Crippen LogP contribution < -0.4 is 9.62 Å². The number of nitrogens with one attached hydrogen (secondary N) is 1. The van der Waals surface area contributed by atoms with Gasteiger partial charge in [0, 0.05) is 17.6 Å². The highest BCUT2D eigenvalue weighted by Gasteiger charge is 2.32. The second kappa shape index (κ2) is 11.5. The molecular formula is C23H29ClFN3O4S. The molecule has 2 aromatic carbocycles. The number of hydrogen-bond donors (Lipinski definition) is 1. The number of hydrogen-bond acceptors (Lipinski definition) is 4. The van der Waals surface area contributed by atoms with Crippen LogP contribution in [-0.4, -0.2) is 50.0 Å². The van der Waals surface area contributed by atoms with Crippen LogP contribution in [0.15, 0.2) is 48.5 Å². The normalized spacial score (nSPS) is 12.3. The molecule has 1 N–H and O–H groups in total. The molecule has 0 aliphatic rings. The molecule has 2 aromatic rings. The van der Waals surface area contributed by atoms with Gasteiger partial charge < -0.3 is 10.2 Å². The van der Waals surface area contributed by atoms with E-state index in [4.69, 9.17) is 11.6 Å². The summed E-state index contributed by atoms with van der Waals surface area (Å²) in [5.74, 6) is -1.35. The topological polar surface area (TPSA) is 86.8 Å². The summed E-state index contributed by atoms with van der Waals surface area (Å²) >= 11 is 6.02. The maximum absolute atomic E-state index is 13.5. The van der Waals surface area contributed by atoms with Crippen molar-refractivity contribution in [3.63, 3.8) is 0 Å². The van der Waals surface area contributed by atoms with Crippen molar-refractivity contribution in [3.8, 4) is 0 Å². The van der Waals surface area contributed by atoms with Gasteiger partial charge in [-0.3, -0.25) is 13.9 Å². The summed E-state index contributed by atoms with van der Waals surface area (Å²) in [5.41, 5.74) is 0.842. The minimum Gasteiger partial charge on any atom is -0.352 e. The third-order valence-corrected chi connectivity index (χ3v) is 6.23. The van der Waals surface area contributed by atoms with Crippen LogP contribution in [-0.2, 0) is 26.2 Å². The first kappa shape index (κ1) is 26.6. The van der Waals surface area contributed by atoms with Crippen molar-refractivity contribution < 1.29 is 22.4 Å². The summed E-state index contributed by atoms with van der Waals surface area (Å²) in [5, 5.41) is 3.12. The van der Waals surface area contributed by atoms with Gasteiger partial charge in [0.25, 0.3) is 0 Å². The number of halogens is 2. The summed E-state index contributed by atoms with van der Waals surface area (Å²) in [4.78, 5) is 27.6. The fourth-order valence-electron chi connectivity index (χ4n) is 3.33. The molecule has 0 fully saturated rings. The van der Waals surface area contributed by atoms with Crippen LogP contribution in [0.5, 0.6) is 0 Å². The Morgan fingerprint density at radius 1 is 1.12 bits per heavy atom. The van der Waals surface area contributed by atoms with Gasteiger partial charge in [-0.25, -0.2) is 12.8 Å². The van der Waals surface area contributed by atoms with Crippen LogP contribution in [0.25, 0.3) is 0 Å². The summed E-state index contributed by atoms with van der Waals surface area (Å²) in [6.45, 7) is 4.87. The summed E-state index contributed by atoms with van der Waals surface area (Å²) in [6.07, 6.45) is 1.30. The average molecular weight is 498 g/mol. The standard InChI is InChI=1S/C23H29ClFN3O4S/c1-5-21(23(30)26-16(2)3)27(14-17-9-11-19(25)12-10-17)22(29)15-28(33(4,31)32)20-8-6-7-18(24)13-20/h6-13,16,21H,5,14-15H2,1-4H3,(H,26,30)/t21-/m0/s1. The van der Waals surface area contributed by atoms with Crippen molar-refractivity contribution in [1.82, 2.24) is 10.2 Å². The predicted molar refractivity (Wildman–Crippen MR) is 128 cm³/mol. The fourth-order valence-corrected chi connectivity index (χ4v) is 4.36. The number of benzene rings is 2. The Morgan fingerprint density at radius 3 is 2.27 bits per heavy atom. The Kier molecular flexibility index (Phi) is 9.25. The number of carbonyl (C=O) groups is 2. The summed E-state index contributed by atoms with van der Waals surface area (Å²) in [6, 6.07) is 10.8. The van der Waals surface area contributed by atoms with Crippen molar-refractivity contribution >= 4 is 39.1 Å². The number of rotatable bonds is 10. The van der Waals surface area contributed by atoms with Gasteiger partial charge in [-0.05, 0) is 56.2 Å². The van der Waals surface area contributed by atoms with Gasteiger partial charge in [0.05, 0.1) is 11.9 Å². The van der Waals surface area contributed by atoms with E-state index in [-0.39, 0.29) is 24.2 Å². The van der Waals surface area contributed by atoms with Crippen molar-refractivity contribution in [1.29, 1.82) is 0 Å². The van der Waals surface area contributed by atoms with Gasteiger partial charge >= 0.3 is 0 Å².